The molecular weight excluding hydrogens is 474 g/mol. The molecule has 0 radical (unpaired) electrons. The standard InChI is InChI=1S/C25H22ClN3O4S/c1-3-13-29(20-9-5-4-6-10-20)34(31,32)21-11-12-23(26)22(15-21)25(30)33-17-19-16-28-14-7-8-18(2)24(28)27-19/h3-12,14-16H,1,13,17H2,2H3. The fourth-order valence-electron chi connectivity index (χ4n) is 3.49. The zero-order chi connectivity index (χ0) is 24.3. The van der Waals surface area contributed by atoms with Crippen molar-refractivity contribution < 1.29 is 17.9 Å². The average molecular weight is 496 g/mol. The van der Waals surface area contributed by atoms with Crippen LogP contribution in [0.15, 0.2) is 90.6 Å². The van der Waals surface area contributed by atoms with E-state index in [1.165, 1.54) is 28.6 Å². The van der Waals surface area contributed by atoms with Crippen molar-refractivity contribution in [3.63, 3.8) is 0 Å². The molecule has 0 saturated heterocycles. The summed E-state index contributed by atoms with van der Waals surface area (Å²) in [5.74, 6) is -0.745. The monoisotopic (exact) mass is 495 g/mol. The Balaban J connectivity index is 1.59. The molecular formula is C25H22ClN3O4S. The molecule has 0 aliphatic carbocycles. The minimum atomic E-state index is -4.00. The van der Waals surface area contributed by atoms with E-state index in [4.69, 9.17) is 16.3 Å². The number of pyridine rings is 1. The molecule has 0 N–H and O–H groups in total. The summed E-state index contributed by atoms with van der Waals surface area (Å²) in [5, 5.41) is 0.0878. The Bertz CT molecular complexity index is 1470. The zero-order valence-electron chi connectivity index (χ0n) is 18.4. The summed E-state index contributed by atoms with van der Waals surface area (Å²) in [6.07, 6.45) is 5.12. The maximum atomic E-state index is 13.4. The molecule has 2 heterocycles. The molecule has 0 saturated carbocycles. The molecule has 0 aliphatic rings. The van der Waals surface area contributed by atoms with Crippen LogP contribution in [0.25, 0.3) is 5.65 Å². The van der Waals surface area contributed by atoms with Crippen LogP contribution in [-0.2, 0) is 21.4 Å². The fourth-order valence-corrected chi connectivity index (χ4v) is 5.15. The number of hydrogen-bond donors (Lipinski definition) is 0. The molecule has 0 atom stereocenters. The number of carbonyl (C=O) groups excluding carboxylic acids is 1. The van der Waals surface area contributed by atoms with Crippen molar-refractivity contribution in [2.24, 2.45) is 0 Å². The minimum Gasteiger partial charge on any atom is -0.455 e. The quantitative estimate of drug-likeness (QED) is 0.253. The van der Waals surface area contributed by atoms with Gasteiger partial charge in [0.2, 0.25) is 0 Å². The van der Waals surface area contributed by atoms with Gasteiger partial charge in [0.25, 0.3) is 10.0 Å². The summed E-state index contributed by atoms with van der Waals surface area (Å²) in [6, 6.07) is 16.4. The lowest BCUT2D eigenvalue weighted by atomic mass is 10.2. The number of anilines is 1. The van der Waals surface area contributed by atoms with Crippen molar-refractivity contribution in [2.75, 3.05) is 10.8 Å². The lowest BCUT2D eigenvalue weighted by Gasteiger charge is -2.23. The third kappa shape index (κ3) is 4.69. The second-order valence-electron chi connectivity index (χ2n) is 7.53. The number of aryl methyl sites for hydroxylation is 1. The van der Waals surface area contributed by atoms with Crippen LogP contribution in [0.2, 0.25) is 5.02 Å². The van der Waals surface area contributed by atoms with Crippen LogP contribution in [0, 0.1) is 6.92 Å². The van der Waals surface area contributed by atoms with Gasteiger partial charge in [-0.15, -0.1) is 6.58 Å². The molecule has 4 rings (SSSR count). The van der Waals surface area contributed by atoms with Gasteiger partial charge >= 0.3 is 5.97 Å². The lowest BCUT2D eigenvalue weighted by Crippen LogP contribution is -2.31. The summed E-state index contributed by atoms with van der Waals surface area (Å²) >= 11 is 6.22. The van der Waals surface area contributed by atoms with Gasteiger partial charge in [0.15, 0.2) is 0 Å². The number of para-hydroxylation sites is 1. The highest BCUT2D eigenvalue weighted by Crippen LogP contribution is 2.27. The summed E-state index contributed by atoms with van der Waals surface area (Å²) < 4.78 is 35.2. The van der Waals surface area contributed by atoms with E-state index in [9.17, 15) is 13.2 Å². The number of esters is 1. The van der Waals surface area contributed by atoms with Gasteiger partial charge in [0, 0.05) is 12.4 Å². The van der Waals surface area contributed by atoms with Gasteiger partial charge in [-0.05, 0) is 48.9 Å². The smallest absolute Gasteiger partial charge is 0.340 e. The van der Waals surface area contributed by atoms with E-state index >= 15 is 0 Å². The van der Waals surface area contributed by atoms with Crippen LogP contribution in [-0.4, -0.2) is 30.3 Å². The summed E-state index contributed by atoms with van der Waals surface area (Å²) in [6.45, 7) is 5.57. The second kappa shape index (κ2) is 9.70. The van der Waals surface area contributed by atoms with E-state index in [1.807, 2.05) is 29.7 Å². The van der Waals surface area contributed by atoms with Gasteiger partial charge in [0.05, 0.1) is 33.4 Å². The molecule has 9 heteroatoms. The first-order valence-electron chi connectivity index (χ1n) is 10.4. The molecule has 4 aromatic rings. The average Bonchev–Trinajstić information content (AvgIpc) is 3.26. The third-order valence-corrected chi connectivity index (χ3v) is 7.28. The van der Waals surface area contributed by atoms with Crippen molar-refractivity contribution in [3.8, 4) is 0 Å². The molecule has 0 fully saturated rings. The van der Waals surface area contributed by atoms with Gasteiger partial charge in [-0.1, -0.05) is 41.9 Å². The Morgan fingerprint density at radius 2 is 1.94 bits per heavy atom. The zero-order valence-corrected chi connectivity index (χ0v) is 20.0. The molecule has 0 bridgehead atoms. The number of benzene rings is 2. The fraction of sp³-hybridized carbons (Fsp3) is 0.120. The molecule has 2 aromatic carbocycles. The number of rotatable bonds is 8. The molecule has 0 unspecified atom stereocenters. The highest BCUT2D eigenvalue weighted by atomic mass is 35.5. The number of nitrogens with zero attached hydrogens (tertiary/aromatic N) is 3. The first kappa shape index (κ1) is 23.5. The van der Waals surface area contributed by atoms with Gasteiger partial charge in [-0.3, -0.25) is 4.31 Å². The van der Waals surface area contributed by atoms with Crippen LogP contribution in [0.1, 0.15) is 21.6 Å². The van der Waals surface area contributed by atoms with Crippen LogP contribution >= 0.6 is 11.6 Å². The predicted molar refractivity (Wildman–Crippen MR) is 132 cm³/mol. The number of hydrogen-bond acceptors (Lipinski definition) is 5. The molecule has 0 aliphatic heterocycles. The van der Waals surface area contributed by atoms with Gasteiger partial charge in [0.1, 0.15) is 12.3 Å². The van der Waals surface area contributed by atoms with Crippen molar-refractivity contribution >= 4 is 38.9 Å². The van der Waals surface area contributed by atoms with Crippen molar-refractivity contribution in [1.82, 2.24) is 9.38 Å². The summed E-state index contributed by atoms with van der Waals surface area (Å²) in [4.78, 5) is 17.2. The number of ether oxygens (including phenoxy) is 1. The summed E-state index contributed by atoms with van der Waals surface area (Å²) in [7, 11) is -4.00. The number of imidazole rings is 1. The molecule has 174 valence electrons. The van der Waals surface area contributed by atoms with E-state index in [2.05, 4.69) is 11.6 Å². The first-order valence-corrected chi connectivity index (χ1v) is 12.2. The van der Waals surface area contributed by atoms with Crippen LogP contribution in [0.5, 0.6) is 0 Å². The van der Waals surface area contributed by atoms with Gasteiger partial charge < -0.3 is 9.14 Å². The highest BCUT2D eigenvalue weighted by Gasteiger charge is 2.26. The molecule has 7 nitrogen and oxygen atoms in total. The number of sulfonamides is 1. The Morgan fingerprint density at radius 3 is 2.65 bits per heavy atom. The third-order valence-electron chi connectivity index (χ3n) is 5.16. The maximum absolute atomic E-state index is 13.4. The lowest BCUT2D eigenvalue weighted by molar-refractivity contribution is 0.0468. The van der Waals surface area contributed by atoms with Crippen LogP contribution in [0.4, 0.5) is 5.69 Å². The Morgan fingerprint density at radius 1 is 1.18 bits per heavy atom. The predicted octanol–water partition coefficient (Wildman–Crippen LogP) is 5.03. The van der Waals surface area contributed by atoms with Gasteiger partial charge in [-0.25, -0.2) is 18.2 Å². The number of carbonyl (C=O) groups is 1. The van der Waals surface area contributed by atoms with E-state index in [0.29, 0.717) is 11.4 Å². The Hall–Kier alpha value is -3.62. The maximum Gasteiger partial charge on any atom is 0.340 e. The molecule has 0 amide bonds. The number of aromatic nitrogens is 2. The topological polar surface area (TPSA) is 81.0 Å². The Kier molecular flexibility index (Phi) is 6.72. The normalized spacial score (nSPS) is 11.4. The molecule has 0 spiro atoms. The second-order valence-corrected chi connectivity index (χ2v) is 9.80. The van der Waals surface area contributed by atoms with E-state index in [-0.39, 0.29) is 28.6 Å². The number of fused-ring (bicyclic) bond motifs is 1. The van der Waals surface area contributed by atoms with E-state index in [1.54, 1.807) is 36.5 Å². The minimum absolute atomic E-state index is 0.0469. The van der Waals surface area contributed by atoms with Crippen LogP contribution < -0.4 is 4.31 Å². The van der Waals surface area contributed by atoms with Gasteiger partial charge in [-0.2, -0.15) is 0 Å². The van der Waals surface area contributed by atoms with Crippen LogP contribution in [0.3, 0.4) is 0 Å². The van der Waals surface area contributed by atoms with E-state index in [0.717, 1.165) is 11.2 Å². The Labute approximate surface area is 202 Å². The molecule has 2 aromatic heterocycles. The van der Waals surface area contributed by atoms with E-state index < -0.39 is 16.0 Å². The van der Waals surface area contributed by atoms with Crippen molar-refractivity contribution in [3.05, 3.63) is 108 Å². The van der Waals surface area contributed by atoms with Crippen molar-refractivity contribution in [2.45, 2.75) is 18.4 Å². The van der Waals surface area contributed by atoms with Crippen molar-refractivity contribution in [1.29, 1.82) is 0 Å². The first-order chi connectivity index (χ1) is 16.3. The number of halogens is 1. The largest absolute Gasteiger partial charge is 0.455 e. The highest BCUT2D eigenvalue weighted by molar-refractivity contribution is 7.92. The SMILES string of the molecule is C=CCN(c1ccccc1)S(=O)(=O)c1ccc(Cl)c(C(=O)OCc2cn3cccc(C)c3n2)c1. The molecule has 34 heavy (non-hydrogen) atoms. The summed E-state index contributed by atoms with van der Waals surface area (Å²) in [5.41, 5.74) is 2.74.